The third kappa shape index (κ3) is 2.77. The summed E-state index contributed by atoms with van der Waals surface area (Å²) in [6.07, 6.45) is 5.13. The van der Waals surface area contributed by atoms with Gasteiger partial charge in [-0.3, -0.25) is 4.79 Å². The van der Waals surface area contributed by atoms with E-state index in [1.165, 1.54) is 25.7 Å². The first kappa shape index (κ1) is 14.4. The SMILES string of the molecule is CNC(=O)c1ccc(NC2CC3CCC(C2)N3C)c(C)c1. The highest BCUT2D eigenvalue weighted by Crippen LogP contribution is 2.35. The van der Waals surface area contributed by atoms with Crippen LogP contribution in [0, 0.1) is 6.92 Å². The van der Waals surface area contributed by atoms with E-state index in [2.05, 4.69) is 29.5 Å². The van der Waals surface area contributed by atoms with E-state index in [9.17, 15) is 4.79 Å². The number of anilines is 1. The van der Waals surface area contributed by atoms with E-state index in [0.29, 0.717) is 6.04 Å². The zero-order valence-electron chi connectivity index (χ0n) is 13.1. The quantitative estimate of drug-likeness (QED) is 0.897. The van der Waals surface area contributed by atoms with Crippen LogP contribution in [0.3, 0.4) is 0 Å². The molecule has 2 saturated heterocycles. The Labute approximate surface area is 126 Å². The number of nitrogens with zero attached hydrogens (tertiary/aromatic N) is 1. The van der Waals surface area contributed by atoms with E-state index in [0.717, 1.165) is 28.9 Å². The van der Waals surface area contributed by atoms with Gasteiger partial charge < -0.3 is 15.5 Å². The average molecular weight is 287 g/mol. The third-order valence-electron chi connectivity index (χ3n) is 5.17. The van der Waals surface area contributed by atoms with Gasteiger partial charge in [-0.15, -0.1) is 0 Å². The lowest BCUT2D eigenvalue weighted by Crippen LogP contribution is -2.44. The summed E-state index contributed by atoms with van der Waals surface area (Å²) >= 11 is 0. The van der Waals surface area contributed by atoms with Crippen molar-refractivity contribution in [1.29, 1.82) is 0 Å². The average Bonchev–Trinajstić information content (AvgIpc) is 2.71. The van der Waals surface area contributed by atoms with E-state index in [1.54, 1.807) is 7.05 Å². The molecular weight excluding hydrogens is 262 g/mol. The Bertz CT molecular complexity index is 529. The van der Waals surface area contributed by atoms with Crippen LogP contribution in [-0.4, -0.2) is 43.0 Å². The molecule has 0 saturated carbocycles. The van der Waals surface area contributed by atoms with Crippen molar-refractivity contribution in [3.05, 3.63) is 29.3 Å². The summed E-state index contributed by atoms with van der Waals surface area (Å²) in [5.74, 6) is -0.0259. The number of nitrogens with one attached hydrogen (secondary N) is 2. The number of carbonyl (C=O) groups is 1. The Kier molecular flexibility index (Phi) is 3.89. The minimum atomic E-state index is -0.0259. The Balaban J connectivity index is 1.70. The van der Waals surface area contributed by atoms with Gasteiger partial charge in [-0.1, -0.05) is 0 Å². The highest BCUT2D eigenvalue weighted by Gasteiger charge is 2.38. The number of amides is 1. The molecule has 1 aromatic rings. The number of carbonyl (C=O) groups excluding carboxylic acids is 1. The third-order valence-corrected chi connectivity index (χ3v) is 5.17. The van der Waals surface area contributed by atoms with Crippen molar-refractivity contribution in [3.8, 4) is 0 Å². The molecule has 2 N–H and O–H groups in total. The van der Waals surface area contributed by atoms with Crippen molar-refractivity contribution in [1.82, 2.24) is 10.2 Å². The molecule has 1 amide bonds. The zero-order valence-corrected chi connectivity index (χ0v) is 13.1. The maximum Gasteiger partial charge on any atom is 0.251 e. The lowest BCUT2D eigenvalue weighted by Gasteiger charge is -2.37. The predicted molar refractivity (Wildman–Crippen MR) is 85.8 cm³/mol. The first-order valence-electron chi connectivity index (χ1n) is 7.89. The predicted octanol–water partition coefficient (Wildman–Crippen LogP) is 2.39. The van der Waals surface area contributed by atoms with Gasteiger partial charge >= 0.3 is 0 Å². The summed E-state index contributed by atoms with van der Waals surface area (Å²) in [6, 6.07) is 7.95. The molecule has 2 aliphatic rings. The number of hydrogen-bond acceptors (Lipinski definition) is 3. The van der Waals surface area contributed by atoms with Gasteiger partial charge in [0.2, 0.25) is 0 Å². The summed E-state index contributed by atoms with van der Waals surface area (Å²) in [5, 5.41) is 6.37. The van der Waals surface area contributed by atoms with Crippen LogP contribution in [0.4, 0.5) is 5.69 Å². The fourth-order valence-electron chi connectivity index (χ4n) is 3.86. The maximum absolute atomic E-state index is 11.7. The number of aryl methyl sites for hydroxylation is 1. The largest absolute Gasteiger partial charge is 0.382 e. The monoisotopic (exact) mass is 287 g/mol. The van der Waals surface area contributed by atoms with E-state index < -0.39 is 0 Å². The molecule has 2 unspecified atom stereocenters. The van der Waals surface area contributed by atoms with Gasteiger partial charge in [0.1, 0.15) is 0 Å². The van der Waals surface area contributed by atoms with E-state index >= 15 is 0 Å². The second-order valence-corrected chi connectivity index (χ2v) is 6.47. The molecule has 114 valence electrons. The number of hydrogen-bond donors (Lipinski definition) is 2. The summed E-state index contributed by atoms with van der Waals surface area (Å²) in [6.45, 7) is 2.07. The molecule has 4 nitrogen and oxygen atoms in total. The number of piperidine rings is 1. The Morgan fingerprint density at radius 1 is 1.24 bits per heavy atom. The van der Waals surface area contributed by atoms with Crippen molar-refractivity contribution >= 4 is 11.6 Å². The number of rotatable bonds is 3. The molecule has 1 aromatic carbocycles. The van der Waals surface area contributed by atoms with E-state index in [-0.39, 0.29) is 5.91 Å². The summed E-state index contributed by atoms with van der Waals surface area (Å²) < 4.78 is 0. The van der Waals surface area contributed by atoms with Crippen LogP contribution in [0.5, 0.6) is 0 Å². The van der Waals surface area contributed by atoms with Gasteiger partial charge in [-0.05, 0) is 63.4 Å². The molecule has 0 radical (unpaired) electrons. The summed E-state index contributed by atoms with van der Waals surface area (Å²) in [5.41, 5.74) is 3.03. The van der Waals surface area contributed by atoms with Crippen LogP contribution in [0.15, 0.2) is 18.2 Å². The number of benzene rings is 1. The van der Waals surface area contributed by atoms with Crippen molar-refractivity contribution in [3.63, 3.8) is 0 Å². The standard InChI is InChI=1S/C17H25N3O/c1-11-8-12(17(21)18-2)4-7-16(11)19-13-9-14-5-6-15(10-13)20(14)3/h4,7-8,13-15,19H,5-6,9-10H2,1-3H3,(H,18,21). The van der Waals surface area contributed by atoms with Crippen LogP contribution in [-0.2, 0) is 0 Å². The molecule has 2 heterocycles. The van der Waals surface area contributed by atoms with Gasteiger partial charge in [0.25, 0.3) is 5.91 Å². The molecule has 0 spiro atoms. The van der Waals surface area contributed by atoms with Crippen LogP contribution < -0.4 is 10.6 Å². The molecule has 0 aromatic heterocycles. The van der Waals surface area contributed by atoms with Crippen molar-refractivity contribution in [2.45, 2.75) is 50.7 Å². The minimum Gasteiger partial charge on any atom is -0.382 e. The first-order chi connectivity index (χ1) is 10.1. The molecule has 2 aliphatic heterocycles. The Hall–Kier alpha value is -1.55. The summed E-state index contributed by atoms with van der Waals surface area (Å²) in [7, 11) is 3.93. The van der Waals surface area contributed by atoms with Crippen molar-refractivity contribution in [2.24, 2.45) is 0 Å². The van der Waals surface area contributed by atoms with Gasteiger partial charge in [0.05, 0.1) is 0 Å². The molecule has 0 aliphatic carbocycles. The van der Waals surface area contributed by atoms with Crippen LogP contribution >= 0.6 is 0 Å². The van der Waals surface area contributed by atoms with Gasteiger partial charge in [0.15, 0.2) is 0 Å². The smallest absolute Gasteiger partial charge is 0.251 e. The first-order valence-corrected chi connectivity index (χ1v) is 7.89. The van der Waals surface area contributed by atoms with Crippen LogP contribution in [0.2, 0.25) is 0 Å². The van der Waals surface area contributed by atoms with Crippen LogP contribution in [0.25, 0.3) is 0 Å². The normalized spacial score (nSPS) is 28.4. The molecule has 2 fully saturated rings. The fourth-order valence-corrected chi connectivity index (χ4v) is 3.86. The zero-order chi connectivity index (χ0) is 15.0. The van der Waals surface area contributed by atoms with Crippen LogP contribution in [0.1, 0.15) is 41.6 Å². The molecule has 4 heteroatoms. The van der Waals surface area contributed by atoms with E-state index in [4.69, 9.17) is 0 Å². The highest BCUT2D eigenvalue weighted by molar-refractivity contribution is 5.94. The molecule has 3 rings (SSSR count). The lowest BCUT2D eigenvalue weighted by molar-refractivity contribution is 0.0963. The molecule has 21 heavy (non-hydrogen) atoms. The van der Waals surface area contributed by atoms with Gasteiger partial charge in [-0.25, -0.2) is 0 Å². The maximum atomic E-state index is 11.7. The van der Waals surface area contributed by atoms with E-state index in [1.807, 2.05) is 18.2 Å². The summed E-state index contributed by atoms with van der Waals surface area (Å²) in [4.78, 5) is 14.2. The van der Waals surface area contributed by atoms with Crippen molar-refractivity contribution < 1.29 is 4.79 Å². The topological polar surface area (TPSA) is 44.4 Å². The fraction of sp³-hybridized carbons (Fsp3) is 0.588. The van der Waals surface area contributed by atoms with Crippen molar-refractivity contribution in [2.75, 3.05) is 19.4 Å². The lowest BCUT2D eigenvalue weighted by atomic mass is 9.97. The minimum absolute atomic E-state index is 0.0259. The second kappa shape index (κ2) is 5.68. The Morgan fingerprint density at radius 2 is 1.90 bits per heavy atom. The molecule has 2 atom stereocenters. The second-order valence-electron chi connectivity index (χ2n) is 6.47. The highest BCUT2D eigenvalue weighted by atomic mass is 16.1. The molecule has 2 bridgehead atoms. The number of fused-ring (bicyclic) bond motifs is 2. The Morgan fingerprint density at radius 3 is 2.48 bits per heavy atom. The molecular formula is C17H25N3O. The van der Waals surface area contributed by atoms with Gasteiger partial charge in [0, 0.05) is 36.4 Å². The van der Waals surface area contributed by atoms with Gasteiger partial charge in [-0.2, -0.15) is 0 Å².